The van der Waals surface area contributed by atoms with Crippen molar-refractivity contribution in [3.63, 3.8) is 0 Å². The third-order valence-corrected chi connectivity index (χ3v) is 3.36. The lowest BCUT2D eigenvalue weighted by Gasteiger charge is -2.10. The number of carboxylic acid groups (broad SMARTS) is 1. The molecule has 110 valence electrons. The molecule has 0 aliphatic carbocycles. The first-order valence-electron chi connectivity index (χ1n) is 7.13. The van der Waals surface area contributed by atoms with Crippen molar-refractivity contribution in [3.05, 3.63) is 65.2 Å². The standard InChI is InChI=1S/C18H20O3/c1-14-13-16(8-10-18(19)20)7-9-17(14)21-12-11-15-5-3-2-4-6-15/h2-7,9,13H,8,10-12H2,1H3,(H,19,20). The lowest BCUT2D eigenvalue weighted by molar-refractivity contribution is -0.136. The van der Waals surface area contributed by atoms with Crippen LogP contribution in [0.15, 0.2) is 48.5 Å². The van der Waals surface area contributed by atoms with Crippen LogP contribution in [0, 0.1) is 6.92 Å². The predicted octanol–water partition coefficient (Wildman–Crippen LogP) is 3.63. The minimum Gasteiger partial charge on any atom is -0.493 e. The van der Waals surface area contributed by atoms with Gasteiger partial charge in [0.05, 0.1) is 6.61 Å². The molecular formula is C18H20O3. The van der Waals surface area contributed by atoms with E-state index in [-0.39, 0.29) is 6.42 Å². The van der Waals surface area contributed by atoms with E-state index in [1.807, 2.05) is 43.3 Å². The number of rotatable bonds is 7. The summed E-state index contributed by atoms with van der Waals surface area (Å²) in [5.41, 5.74) is 3.34. The molecule has 0 bridgehead atoms. The third kappa shape index (κ3) is 4.95. The number of ether oxygens (including phenoxy) is 1. The van der Waals surface area contributed by atoms with Crippen LogP contribution in [0.25, 0.3) is 0 Å². The van der Waals surface area contributed by atoms with E-state index >= 15 is 0 Å². The van der Waals surface area contributed by atoms with Crippen LogP contribution < -0.4 is 4.74 Å². The average molecular weight is 284 g/mol. The number of aliphatic carboxylic acids is 1. The normalized spacial score (nSPS) is 10.3. The van der Waals surface area contributed by atoms with E-state index in [0.717, 1.165) is 23.3 Å². The summed E-state index contributed by atoms with van der Waals surface area (Å²) in [4.78, 5) is 10.6. The zero-order valence-electron chi connectivity index (χ0n) is 12.2. The summed E-state index contributed by atoms with van der Waals surface area (Å²) in [5, 5.41) is 8.70. The molecule has 0 unspecified atom stereocenters. The van der Waals surface area contributed by atoms with Gasteiger partial charge in [0.2, 0.25) is 0 Å². The summed E-state index contributed by atoms with van der Waals surface area (Å²) in [6.45, 7) is 2.63. The van der Waals surface area contributed by atoms with Crippen LogP contribution in [0.3, 0.4) is 0 Å². The first kappa shape index (κ1) is 15.1. The SMILES string of the molecule is Cc1cc(CCC(=O)O)ccc1OCCc1ccccc1. The lowest BCUT2D eigenvalue weighted by atomic mass is 10.1. The Hall–Kier alpha value is -2.29. The first-order valence-corrected chi connectivity index (χ1v) is 7.13. The van der Waals surface area contributed by atoms with Crippen molar-refractivity contribution in [2.24, 2.45) is 0 Å². The van der Waals surface area contributed by atoms with Crippen LogP contribution >= 0.6 is 0 Å². The summed E-state index contributed by atoms with van der Waals surface area (Å²) in [6.07, 6.45) is 1.59. The highest BCUT2D eigenvalue weighted by molar-refractivity contribution is 5.67. The lowest BCUT2D eigenvalue weighted by Crippen LogP contribution is -2.03. The smallest absolute Gasteiger partial charge is 0.303 e. The highest BCUT2D eigenvalue weighted by atomic mass is 16.5. The minimum absolute atomic E-state index is 0.160. The molecule has 21 heavy (non-hydrogen) atoms. The van der Waals surface area contributed by atoms with E-state index < -0.39 is 5.97 Å². The van der Waals surface area contributed by atoms with Gasteiger partial charge in [0.15, 0.2) is 0 Å². The van der Waals surface area contributed by atoms with Crippen molar-refractivity contribution in [3.8, 4) is 5.75 Å². The molecule has 1 N–H and O–H groups in total. The van der Waals surface area contributed by atoms with Crippen LogP contribution in [0.4, 0.5) is 0 Å². The van der Waals surface area contributed by atoms with Crippen molar-refractivity contribution in [1.82, 2.24) is 0 Å². The van der Waals surface area contributed by atoms with E-state index in [9.17, 15) is 4.79 Å². The Morgan fingerprint density at radius 3 is 2.48 bits per heavy atom. The molecule has 2 aromatic carbocycles. The largest absolute Gasteiger partial charge is 0.493 e. The molecule has 0 spiro atoms. The van der Waals surface area contributed by atoms with Crippen molar-refractivity contribution in [1.29, 1.82) is 0 Å². The second-order valence-corrected chi connectivity index (χ2v) is 5.08. The molecule has 0 saturated heterocycles. The number of benzene rings is 2. The van der Waals surface area contributed by atoms with E-state index in [1.54, 1.807) is 0 Å². The number of aryl methyl sites for hydroxylation is 2. The molecule has 0 saturated carbocycles. The second-order valence-electron chi connectivity index (χ2n) is 5.08. The first-order chi connectivity index (χ1) is 10.1. The molecule has 0 heterocycles. The van der Waals surface area contributed by atoms with Gasteiger partial charge in [-0.1, -0.05) is 42.5 Å². The predicted molar refractivity (Wildman–Crippen MR) is 82.8 cm³/mol. The van der Waals surface area contributed by atoms with Gasteiger partial charge in [-0.2, -0.15) is 0 Å². The molecule has 2 aromatic rings. The number of carbonyl (C=O) groups is 1. The van der Waals surface area contributed by atoms with E-state index in [4.69, 9.17) is 9.84 Å². The average Bonchev–Trinajstić information content (AvgIpc) is 2.48. The molecule has 0 amide bonds. The second kappa shape index (κ2) is 7.48. The monoisotopic (exact) mass is 284 g/mol. The highest BCUT2D eigenvalue weighted by Crippen LogP contribution is 2.20. The molecule has 0 fully saturated rings. The van der Waals surface area contributed by atoms with Gasteiger partial charge in [-0.15, -0.1) is 0 Å². The van der Waals surface area contributed by atoms with Gasteiger partial charge >= 0.3 is 5.97 Å². The molecule has 0 aromatic heterocycles. The quantitative estimate of drug-likeness (QED) is 0.844. The van der Waals surface area contributed by atoms with Crippen LogP contribution in [0.2, 0.25) is 0 Å². The zero-order valence-corrected chi connectivity index (χ0v) is 12.2. The summed E-state index contributed by atoms with van der Waals surface area (Å²) in [6, 6.07) is 16.1. The number of carboxylic acids is 1. The van der Waals surface area contributed by atoms with Gasteiger partial charge in [-0.3, -0.25) is 4.79 Å². The van der Waals surface area contributed by atoms with Gasteiger partial charge in [0.1, 0.15) is 5.75 Å². The Balaban J connectivity index is 1.87. The molecule has 0 aliphatic rings. The summed E-state index contributed by atoms with van der Waals surface area (Å²) in [5.74, 6) is 0.0980. The molecule has 3 nitrogen and oxygen atoms in total. The topological polar surface area (TPSA) is 46.5 Å². The molecule has 0 radical (unpaired) electrons. The van der Waals surface area contributed by atoms with Gasteiger partial charge in [0.25, 0.3) is 0 Å². The maximum Gasteiger partial charge on any atom is 0.303 e. The molecule has 0 atom stereocenters. The van der Waals surface area contributed by atoms with Crippen LogP contribution in [-0.2, 0) is 17.6 Å². The molecule has 0 aliphatic heterocycles. The van der Waals surface area contributed by atoms with Gasteiger partial charge in [-0.05, 0) is 36.1 Å². The summed E-state index contributed by atoms with van der Waals surface area (Å²) < 4.78 is 5.80. The molecule has 3 heteroatoms. The Labute approximate surface area is 125 Å². The van der Waals surface area contributed by atoms with Crippen molar-refractivity contribution in [2.45, 2.75) is 26.2 Å². The summed E-state index contributed by atoms with van der Waals surface area (Å²) in [7, 11) is 0. The Morgan fingerprint density at radius 1 is 1.05 bits per heavy atom. The molecule has 2 rings (SSSR count). The van der Waals surface area contributed by atoms with Crippen molar-refractivity contribution >= 4 is 5.97 Å². The minimum atomic E-state index is -0.768. The maximum absolute atomic E-state index is 10.6. The zero-order chi connectivity index (χ0) is 15.1. The van der Waals surface area contributed by atoms with Crippen molar-refractivity contribution < 1.29 is 14.6 Å². The maximum atomic E-state index is 10.6. The Bertz CT molecular complexity index is 591. The Kier molecular flexibility index (Phi) is 5.38. The van der Waals surface area contributed by atoms with Gasteiger partial charge in [0, 0.05) is 12.8 Å². The van der Waals surface area contributed by atoms with Crippen LogP contribution in [0.1, 0.15) is 23.1 Å². The van der Waals surface area contributed by atoms with E-state index in [1.165, 1.54) is 5.56 Å². The number of hydrogen-bond donors (Lipinski definition) is 1. The van der Waals surface area contributed by atoms with Crippen LogP contribution in [0.5, 0.6) is 5.75 Å². The van der Waals surface area contributed by atoms with Gasteiger partial charge < -0.3 is 9.84 Å². The van der Waals surface area contributed by atoms with E-state index in [2.05, 4.69) is 12.1 Å². The van der Waals surface area contributed by atoms with Crippen LogP contribution in [-0.4, -0.2) is 17.7 Å². The van der Waals surface area contributed by atoms with E-state index in [0.29, 0.717) is 13.0 Å². The fourth-order valence-electron chi connectivity index (χ4n) is 2.20. The number of hydrogen-bond acceptors (Lipinski definition) is 2. The Morgan fingerprint density at radius 2 is 1.81 bits per heavy atom. The van der Waals surface area contributed by atoms with Crippen molar-refractivity contribution in [2.75, 3.05) is 6.61 Å². The fourth-order valence-corrected chi connectivity index (χ4v) is 2.20. The third-order valence-electron chi connectivity index (χ3n) is 3.36. The molecular weight excluding hydrogens is 264 g/mol. The summed E-state index contributed by atoms with van der Waals surface area (Å²) >= 11 is 0. The highest BCUT2D eigenvalue weighted by Gasteiger charge is 2.04. The van der Waals surface area contributed by atoms with Gasteiger partial charge in [-0.25, -0.2) is 0 Å². The fraction of sp³-hybridized carbons (Fsp3) is 0.278.